The molecule has 3 aromatic rings. The first kappa shape index (κ1) is 14.0. The van der Waals surface area contributed by atoms with E-state index in [1.54, 1.807) is 12.4 Å². The summed E-state index contributed by atoms with van der Waals surface area (Å²) in [5, 5.41) is -0.157. The van der Waals surface area contributed by atoms with E-state index in [4.69, 9.17) is 16.6 Å². The molecule has 3 rings (SSSR count). The molecule has 5 heteroatoms. The number of hydrogen-bond acceptors (Lipinski definition) is 3. The zero-order valence-corrected chi connectivity index (χ0v) is 13.1. The largest absolute Gasteiger partial charge is 0.321 e. The van der Waals surface area contributed by atoms with Crippen LogP contribution >= 0.6 is 11.6 Å². The van der Waals surface area contributed by atoms with E-state index < -0.39 is 0 Å². The molecular formula is C16H17ClN4. The van der Waals surface area contributed by atoms with Gasteiger partial charge in [-0.3, -0.25) is 9.97 Å². The molecule has 0 aliphatic carbocycles. The maximum atomic E-state index is 6.30. The summed E-state index contributed by atoms with van der Waals surface area (Å²) in [4.78, 5) is 13.4. The summed E-state index contributed by atoms with van der Waals surface area (Å²) in [6, 6.07) is 6.17. The van der Waals surface area contributed by atoms with Gasteiger partial charge in [0, 0.05) is 6.20 Å². The summed E-state index contributed by atoms with van der Waals surface area (Å²) >= 11 is 6.30. The van der Waals surface area contributed by atoms with Crippen LogP contribution < -0.4 is 0 Å². The van der Waals surface area contributed by atoms with Gasteiger partial charge in [0.1, 0.15) is 5.82 Å². The summed E-state index contributed by atoms with van der Waals surface area (Å²) in [6.07, 6.45) is 3.59. The number of benzene rings is 1. The van der Waals surface area contributed by atoms with Crippen LogP contribution in [0, 0.1) is 13.8 Å². The normalized spacial score (nSPS) is 12.8. The zero-order chi connectivity index (χ0) is 15.0. The van der Waals surface area contributed by atoms with Gasteiger partial charge in [-0.15, -0.1) is 11.6 Å². The Hall–Kier alpha value is -1.94. The molecule has 0 fully saturated rings. The minimum Gasteiger partial charge on any atom is -0.321 e. The van der Waals surface area contributed by atoms with Gasteiger partial charge in [0.2, 0.25) is 0 Å². The maximum absolute atomic E-state index is 6.30. The fraction of sp³-hybridized carbons (Fsp3) is 0.312. The van der Waals surface area contributed by atoms with Crippen LogP contribution in [0.3, 0.4) is 0 Å². The number of para-hydroxylation sites is 1. The average molecular weight is 301 g/mol. The van der Waals surface area contributed by atoms with Crippen molar-refractivity contribution >= 4 is 22.6 Å². The Morgan fingerprint density at radius 2 is 2.00 bits per heavy atom. The number of imidazole rings is 1. The topological polar surface area (TPSA) is 43.6 Å². The maximum Gasteiger partial charge on any atom is 0.128 e. The molecular weight excluding hydrogens is 284 g/mol. The molecule has 2 aromatic heterocycles. The van der Waals surface area contributed by atoms with Crippen LogP contribution in [0.25, 0.3) is 11.0 Å². The fourth-order valence-corrected chi connectivity index (χ4v) is 2.60. The van der Waals surface area contributed by atoms with E-state index in [1.165, 1.54) is 0 Å². The molecule has 0 spiro atoms. The minimum atomic E-state index is -0.157. The third-order valence-corrected chi connectivity index (χ3v) is 3.72. The lowest BCUT2D eigenvalue weighted by molar-refractivity contribution is 0.722. The van der Waals surface area contributed by atoms with Crippen LogP contribution in [0.4, 0.5) is 0 Å². The van der Waals surface area contributed by atoms with Gasteiger partial charge in [-0.25, -0.2) is 4.98 Å². The highest BCUT2D eigenvalue weighted by Gasteiger charge is 2.16. The summed E-state index contributed by atoms with van der Waals surface area (Å²) in [5.74, 6) is 0.864. The van der Waals surface area contributed by atoms with E-state index in [9.17, 15) is 0 Å². The van der Waals surface area contributed by atoms with Gasteiger partial charge in [0.15, 0.2) is 0 Å². The monoisotopic (exact) mass is 300 g/mol. The molecule has 108 valence electrons. The van der Waals surface area contributed by atoms with Crippen LogP contribution in [0.2, 0.25) is 0 Å². The number of aryl methyl sites for hydroxylation is 2. The molecule has 21 heavy (non-hydrogen) atoms. The van der Waals surface area contributed by atoms with Crippen molar-refractivity contribution in [3.05, 3.63) is 53.4 Å². The molecule has 1 atom stereocenters. The van der Waals surface area contributed by atoms with Gasteiger partial charge < -0.3 is 4.57 Å². The smallest absolute Gasteiger partial charge is 0.128 e. The SMILES string of the molecule is Cc1cnc(Cn2c(C(C)Cl)nc3c(C)cccc32)cn1. The molecule has 0 aliphatic heterocycles. The molecule has 2 heterocycles. The van der Waals surface area contributed by atoms with Gasteiger partial charge in [-0.05, 0) is 32.4 Å². The number of hydrogen-bond donors (Lipinski definition) is 0. The second kappa shape index (κ2) is 5.45. The first-order valence-corrected chi connectivity index (χ1v) is 7.37. The van der Waals surface area contributed by atoms with Crippen molar-refractivity contribution in [1.29, 1.82) is 0 Å². The van der Waals surface area contributed by atoms with E-state index in [1.807, 2.05) is 19.9 Å². The highest BCUT2D eigenvalue weighted by Crippen LogP contribution is 2.26. The predicted octanol–water partition coefficient (Wildman–Crippen LogP) is 3.79. The van der Waals surface area contributed by atoms with Crippen LogP contribution in [0.1, 0.15) is 35.1 Å². The highest BCUT2D eigenvalue weighted by atomic mass is 35.5. The van der Waals surface area contributed by atoms with Gasteiger partial charge >= 0.3 is 0 Å². The van der Waals surface area contributed by atoms with Crippen LogP contribution in [-0.4, -0.2) is 19.5 Å². The van der Waals surface area contributed by atoms with Crippen LogP contribution in [-0.2, 0) is 6.54 Å². The number of nitrogens with zero attached hydrogens (tertiary/aromatic N) is 4. The molecule has 0 amide bonds. The van der Waals surface area contributed by atoms with Gasteiger partial charge in [0.25, 0.3) is 0 Å². The zero-order valence-electron chi connectivity index (χ0n) is 12.3. The molecule has 4 nitrogen and oxygen atoms in total. The second-order valence-corrected chi connectivity index (χ2v) is 5.92. The van der Waals surface area contributed by atoms with E-state index in [2.05, 4.69) is 33.6 Å². The predicted molar refractivity (Wildman–Crippen MR) is 84.6 cm³/mol. The Balaban J connectivity index is 2.13. The minimum absolute atomic E-state index is 0.157. The Morgan fingerprint density at radius 3 is 2.67 bits per heavy atom. The molecule has 1 unspecified atom stereocenters. The quantitative estimate of drug-likeness (QED) is 0.691. The highest BCUT2D eigenvalue weighted by molar-refractivity contribution is 6.20. The lowest BCUT2D eigenvalue weighted by Gasteiger charge is -2.10. The third kappa shape index (κ3) is 2.63. The third-order valence-electron chi connectivity index (χ3n) is 3.52. The lowest BCUT2D eigenvalue weighted by atomic mass is 10.2. The van der Waals surface area contributed by atoms with Crippen molar-refractivity contribution in [3.63, 3.8) is 0 Å². The molecule has 0 saturated carbocycles. The fourth-order valence-electron chi connectivity index (χ4n) is 2.44. The second-order valence-electron chi connectivity index (χ2n) is 5.26. The van der Waals surface area contributed by atoms with Gasteiger partial charge in [-0.2, -0.15) is 0 Å². The van der Waals surface area contributed by atoms with Crippen molar-refractivity contribution in [2.24, 2.45) is 0 Å². The van der Waals surface area contributed by atoms with Crippen molar-refractivity contribution in [2.45, 2.75) is 32.7 Å². The lowest BCUT2D eigenvalue weighted by Crippen LogP contribution is -2.07. The number of fused-ring (bicyclic) bond motifs is 1. The van der Waals surface area contributed by atoms with Gasteiger partial charge in [0.05, 0.1) is 40.5 Å². The molecule has 0 aliphatic rings. The first-order valence-electron chi connectivity index (χ1n) is 6.93. The Labute approximate surface area is 128 Å². The average Bonchev–Trinajstić information content (AvgIpc) is 2.82. The van der Waals surface area contributed by atoms with Gasteiger partial charge in [-0.1, -0.05) is 12.1 Å². The molecule has 0 bridgehead atoms. The summed E-state index contributed by atoms with van der Waals surface area (Å²) in [6.45, 7) is 6.56. The molecule has 0 N–H and O–H groups in total. The van der Waals surface area contributed by atoms with E-state index in [0.29, 0.717) is 6.54 Å². The Morgan fingerprint density at radius 1 is 1.19 bits per heavy atom. The summed E-state index contributed by atoms with van der Waals surface area (Å²) < 4.78 is 2.12. The standard InChI is InChI=1S/C16H17ClN4/c1-10-5-4-6-14-15(10)20-16(12(3)17)21(14)9-13-8-18-11(2)7-19-13/h4-8,12H,9H2,1-3H3. The van der Waals surface area contributed by atoms with E-state index in [0.717, 1.165) is 33.8 Å². The van der Waals surface area contributed by atoms with Crippen molar-refractivity contribution in [3.8, 4) is 0 Å². The Bertz CT molecular complexity index is 775. The van der Waals surface area contributed by atoms with E-state index >= 15 is 0 Å². The number of alkyl halides is 1. The Kier molecular flexibility index (Phi) is 3.64. The summed E-state index contributed by atoms with van der Waals surface area (Å²) in [5.41, 5.74) is 5.05. The molecule has 0 radical (unpaired) electrons. The van der Waals surface area contributed by atoms with Crippen molar-refractivity contribution in [2.75, 3.05) is 0 Å². The van der Waals surface area contributed by atoms with Crippen molar-refractivity contribution < 1.29 is 0 Å². The van der Waals surface area contributed by atoms with Crippen molar-refractivity contribution in [1.82, 2.24) is 19.5 Å². The van der Waals surface area contributed by atoms with Crippen LogP contribution in [0.5, 0.6) is 0 Å². The number of aromatic nitrogens is 4. The number of rotatable bonds is 3. The molecule has 1 aromatic carbocycles. The summed E-state index contributed by atoms with van der Waals surface area (Å²) in [7, 11) is 0. The first-order chi connectivity index (χ1) is 10.1. The number of halogens is 1. The van der Waals surface area contributed by atoms with Crippen LogP contribution in [0.15, 0.2) is 30.6 Å². The molecule has 0 saturated heterocycles. The van der Waals surface area contributed by atoms with E-state index in [-0.39, 0.29) is 5.38 Å².